The summed E-state index contributed by atoms with van der Waals surface area (Å²) in [6.07, 6.45) is 1.57. The molecule has 5 nitrogen and oxygen atoms in total. The normalized spacial score (nSPS) is 11.2. The molecule has 0 aliphatic carbocycles. The number of sulfonamides is 1. The molecule has 1 aromatic heterocycles. The molecule has 118 valence electrons. The Morgan fingerprint density at radius 1 is 0.957 bits per heavy atom. The number of rotatable bonds is 5. The van der Waals surface area contributed by atoms with Crippen molar-refractivity contribution in [2.24, 2.45) is 0 Å². The van der Waals surface area contributed by atoms with Crippen molar-refractivity contribution in [1.29, 1.82) is 0 Å². The summed E-state index contributed by atoms with van der Waals surface area (Å²) in [6.45, 7) is 0. The van der Waals surface area contributed by atoms with Crippen molar-refractivity contribution >= 4 is 15.7 Å². The summed E-state index contributed by atoms with van der Waals surface area (Å²) in [4.78, 5) is 0.184. The highest BCUT2D eigenvalue weighted by atomic mass is 32.2. The van der Waals surface area contributed by atoms with Crippen LogP contribution in [0.5, 0.6) is 5.75 Å². The van der Waals surface area contributed by atoms with E-state index in [1.165, 1.54) is 0 Å². The maximum absolute atomic E-state index is 12.4. The van der Waals surface area contributed by atoms with Crippen LogP contribution in [-0.4, -0.2) is 15.5 Å². The van der Waals surface area contributed by atoms with Gasteiger partial charge in [0.2, 0.25) is 0 Å². The first kappa shape index (κ1) is 15.2. The fourth-order valence-corrected chi connectivity index (χ4v) is 3.17. The first-order chi connectivity index (χ1) is 11.1. The molecular formula is C17H15NO4S. The van der Waals surface area contributed by atoms with Crippen molar-refractivity contribution in [3.63, 3.8) is 0 Å². The van der Waals surface area contributed by atoms with E-state index in [-0.39, 0.29) is 4.90 Å². The van der Waals surface area contributed by atoms with Gasteiger partial charge in [-0.2, -0.15) is 0 Å². The fraction of sp³-hybridized carbons (Fsp3) is 0.0588. The Balaban J connectivity index is 1.81. The van der Waals surface area contributed by atoms with Crippen molar-refractivity contribution in [2.45, 2.75) is 4.90 Å². The van der Waals surface area contributed by atoms with Crippen LogP contribution in [0, 0.1) is 0 Å². The van der Waals surface area contributed by atoms with Gasteiger partial charge in [0.15, 0.2) is 0 Å². The van der Waals surface area contributed by atoms with Crippen LogP contribution >= 0.6 is 0 Å². The third kappa shape index (κ3) is 3.37. The Morgan fingerprint density at radius 2 is 1.65 bits per heavy atom. The predicted molar refractivity (Wildman–Crippen MR) is 87.9 cm³/mol. The molecule has 0 saturated heterocycles. The van der Waals surface area contributed by atoms with E-state index in [1.807, 2.05) is 6.07 Å². The van der Waals surface area contributed by atoms with Crippen LogP contribution in [0.25, 0.3) is 11.3 Å². The van der Waals surface area contributed by atoms with E-state index in [4.69, 9.17) is 9.15 Å². The average Bonchev–Trinajstić information content (AvgIpc) is 3.10. The van der Waals surface area contributed by atoms with Crippen molar-refractivity contribution in [3.8, 4) is 17.1 Å². The molecule has 0 unspecified atom stereocenters. The lowest BCUT2D eigenvalue weighted by Crippen LogP contribution is -2.12. The van der Waals surface area contributed by atoms with Gasteiger partial charge in [-0.25, -0.2) is 8.42 Å². The highest BCUT2D eigenvalue weighted by Gasteiger charge is 2.14. The van der Waals surface area contributed by atoms with Crippen molar-refractivity contribution < 1.29 is 17.6 Å². The second kappa shape index (κ2) is 6.18. The molecule has 23 heavy (non-hydrogen) atoms. The number of hydrogen-bond donors (Lipinski definition) is 1. The summed E-state index contributed by atoms with van der Waals surface area (Å²) in [7, 11) is -2.08. The van der Waals surface area contributed by atoms with Crippen LogP contribution in [0.1, 0.15) is 0 Å². The summed E-state index contributed by atoms with van der Waals surface area (Å²) in [6, 6.07) is 16.8. The minimum Gasteiger partial charge on any atom is -0.497 e. The average molecular weight is 329 g/mol. The predicted octanol–water partition coefficient (Wildman–Crippen LogP) is 3.76. The van der Waals surface area contributed by atoms with Gasteiger partial charge in [-0.3, -0.25) is 4.72 Å². The van der Waals surface area contributed by atoms with Gasteiger partial charge in [0.1, 0.15) is 11.5 Å². The molecule has 2 aromatic carbocycles. The van der Waals surface area contributed by atoms with E-state index in [1.54, 1.807) is 68.0 Å². The molecule has 0 saturated carbocycles. The van der Waals surface area contributed by atoms with E-state index in [0.29, 0.717) is 17.2 Å². The highest BCUT2D eigenvalue weighted by Crippen LogP contribution is 2.23. The molecule has 0 bridgehead atoms. The third-order valence-electron chi connectivity index (χ3n) is 3.31. The summed E-state index contributed by atoms with van der Waals surface area (Å²) >= 11 is 0. The molecule has 0 fully saturated rings. The molecule has 0 aliphatic heterocycles. The molecule has 0 atom stereocenters. The van der Waals surface area contributed by atoms with E-state index in [0.717, 1.165) is 5.56 Å². The summed E-state index contributed by atoms with van der Waals surface area (Å²) in [5, 5.41) is 0. The second-order valence-corrected chi connectivity index (χ2v) is 6.52. The quantitative estimate of drug-likeness (QED) is 0.774. The summed E-state index contributed by atoms with van der Waals surface area (Å²) in [5.41, 5.74) is 1.29. The van der Waals surface area contributed by atoms with Gasteiger partial charge in [0, 0.05) is 11.3 Å². The minimum absolute atomic E-state index is 0.184. The minimum atomic E-state index is -3.64. The van der Waals surface area contributed by atoms with E-state index >= 15 is 0 Å². The number of furan rings is 1. The van der Waals surface area contributed by atoms with Gasteiger partial charge in [-0.05, 0) is 60.7 Å². The van der Waals surface area contributed by atoms with Gasteiger partial charge in [0.05, 0.1) is 18.3 Å². The SMILES string of the molecule is COc1ccc(NS(=O)(=O)c2ccc(-c3ccco3)cc2)cc1. The zero-order valence-electron chi connectivity index (χ0n) is 12.4. The molecule has 0 aliphatic rings. The number of nitrogens with one attached hydrogen (secondary N) is 1. The Bertz CT molecular complexity index is 867. The number of anilines is 1. The lowest BCUT2D eigenvalue weighted by atomic mass is 10.2. The van der Waals surface area contributed by atoms with Crippen molar-refractivity contribution in [2.75, 3.05) is 11.8 Å². The number of methoxy groups -OCH3 is 1. The lowest BCUT2D eigenvalue weighted by Gasteiger charge is -2.09. The smallest absolute Gasteiger partial charge is 0.261 e. The summed E-state index contributed by atoms with van der Waals surface area (Å²) < 4.78 is 37.6. The molecule has 3 rings (SSSR count). The monoisotopic (exact) mass is 329 g/mol. The summed E-state index contributed by atoms with van der Waals surface area (Å²) in [5.74, 6) is 1.35. The first-order valence-electron chi connectivity index (χ1n) is 6.89. The van der Waals surface area contributed by atoms with Gasteiger partial charge in [-0.15, -0.1) is 0 Å². The zero-order chi connectivity index (χ0) is 16.3. The van der Waals surface area contributed by atoms with E-state index in [9.17, 15) is 8.42 Å². The number of hydrogen-bond acceptors (Lipinski definition) is 4. The van der Waals surface area contributed by atoms with Crippen LogP contribution < -0.4 is 9.46 Å². The van der Waals surface area contributed by atoms with Crippen LogP contribution in [0.2, 0.25) is 0 Å². The molecule has 1 N–H and O–H groups in total. The Kier molecular flexibility index (Phi) is 4.08. The molecule has 6 heteroatoms. The molecule has 3 aromatic rings. The maximum atomic E-state index is 12.4. The standard InChI is InChI=1S/C17H15NO4S/c1-21-15-8-6-14(7-9-15)18-23(19,20)16-10-4-13(5-11-16)17-3-2-12-22-17/h2-12,18H,1H3. The van der Waals surface area contributed by atoms with E-state index < -0.39 is 10.0 Å². The Morgan fingerprint density at radius 3 is 2.22 bits per heavy atom. The number of benzene rings is 2. The Labute approximate surface area is 134 Å². The van der Waals surface area contributed by atoms with Gasteiger partial charge >= 0.3 is 0 Å². The van der Waals surface area contributed by atoms with Crippen molar-refractivity contribution in [3.05, 3.63) is 66.9 Å². The molecule has 1 heterocycles. The second-order valence-electron chi connectivity index (χ2n) is 4.84. The lowest BCUT2D eigenvalue weighted by molar-refractivity contribution is 0.415. The van der Waals surface area contributed by atoms with Gasteiger partial charge in [-0.1, -0.05) is 0 Å². The van der Waals surface area contributed by atoms with Crippen LogP contribution in [0.3, 0.4) is 0 Å². The molecule has 0 amide bonds. The first-order valence-corrected chi connectivity index (χ1v) is 8.38. The molecular weight excluding hydrogens is 314 g/mol. The van der Waals surface area contributed by atoms with Gasteiger partial charge < -0.3 is 9.15 Å². The number of ether oxygens (including phenoxy) is 1. The maximum Gasteiger partial charge on any atom is 0.261 e. The molecule has 0 radical (unpaired) electrons. The Hall–Kier alpha value is -2.73. The van der Waals surface area contributed by atoms with Crippen LogP contribution in [0.15, 0.2) is 76.2 Å². The van der Waals surface area contributed by atoms with Gasteiger partial charge in [0.25, 0.3) is 10.0 Å². The fourth-order valence-electron chi connectivity index (χ4n) is 2.11. The van der Waals surface area contributed by atoms with Crippen molar-refractivity contribution in [1.82, 2.24) is 0 Å². The van der Waals surface area contributed by atoms with Crippen LogP contribution in [0.4, 0.5) is 5.69 Å². The topological polar surface area (TPSA) is 68.5 Å². The van der Waals surface area contributed by atoms with E-state index in [2.05, 4.69) is 4.72 Å². The van der Waals surface area contributed by atoms with Crippen LogP contribution in [-0.2, 0) is 10.0 Å². The molecule has 0 spiro atoms. The zero-order valence-corrected chi connectivity index (χ0v) is 13.2. The largest absolute Gasteiger partial charge is 0.497 e. The third-order valence-corrected chi connectivity index (χ3v) is 4.71. The highest BCUT2D eigenvalue weighted by molar-refractivity contribution is 7.92.